The summed E-state index contributed by atoms with van der Waals surface area (Å²) >= 11 is 7.00. The molecule has 3 aromatic heterocycles. The molecule has 0 bridgehead atoms. The standard InChI is InChI=1S/C24H19Br2N5O/c25-19-7-3-17(4-8-19)12-30(14-21-2-1-11-32-21)23-22-24(28-15-27-23)31(16-29-22)13-18-5-9-20(26)10-6-18/h1-11,15-16H,12-14H2. The van der Waals surface area contributed by atoms with Gasteiger partial charge in [-0.15, -0.1) is 0 Å². The molecule has 0 atom stereocenters. The summed E-state index contributed by atoms with van der Waals surface area (Å²) in [5.41, 5.74) is 3.92. The van der Waals surface area contributed by atoms with Gasteiger partial charge in [0.15, 0.2) is 17.0 Å². The van der Waals surface area contributed by atoms with E-state index in [1.165, 1.54) is 11.1 Å². The molecule has 0 spiro atoms. The Kier molecular flexibility index (Phi) is 6.05. The lowest BCUT2D eigenvalue weighted by molar-refractivity contribution is 0.501. The van der Waals surface area contributed by atoms with Crippen molar-refractivity contribution in [3.05, 3.63) is 105 Å². The van der Waals surface area contributed by atoms with Crippen LogP contribution in [0.15, 0.2) is 92.9 Å². The Morgan fingerprint density at radius 3 is 2.22 bits per heavy atom. The van der Waals surface area contributed by atoms with Gasteiger partial charge in [0.1, 0.15) is 12.1 Å². The Morgan fingerprint density at radius 2 is 1.53 bits per heavy atom. The van der Waals surface area contributed by atoms with E-state index in [4.69, 9.17) is 4.42 Å². The van der Waals surface area contributed by atoms with Crippen LogP contribution in [0.2, 0.25) is 0 Å². The second-order valence-electron chi connectivity index (χ2n) is 7.43. The maximum atomic E-state index is 5.63. The molecule has 160 valence electrons. The van der Waals surface area contributed by atoms with E-state index in [1.807, 2.05) is 42.7 Å². The van der Waals surface area contributed by atoms with Gasteiger partial charge >= 0.3 is 0 Å². The monoisotopic (exact) mass is 551 g/mol. The summed E-state index contributed by atoms with van der Waals surface area (Å²) in [6.45, 7) is 1.93. The Hall–Kier alpha value is -2.97. The van der Waals surface area contributed by atoms with Gasteiger partial charge in [-0.2, -0.15) is 0 Å². The van der Waals surface area contributed by atoms with E-state index in [0.29, 0.717) is 19.6 Å². The van der Waals surface area contributed by atoms with Gasteiger partial charge in [0, 0.05) is 15.5 Å². The number of rotatable bonds is 7. The topological polar surface area (TPSA) is 60.0 Å². The van der Waals surface area contributed by atoms with E-state index in [2.05, 4.69) is 80.5 Å². The number of furan rings is 1. The van der Waals surface area contributed by atoms with Crippen LogP contribution >= 0.6 is 31.9 Å². The first-order chi connectivity index (χ1) is 15.7. The zero-order valence-corrected chi connectivity index (χ0v) is 20.2. The minimum atomic E-state index is 0.578. The Balaban J connectivity index is 1.50. The normalized spacial score (nSPS) is 11.2. The number of halogens is 2. The molecule has 6 nitrogen and oxygen atoms in total. The van der Waals surface area contributed by atoms with Crippen molar-refractivity contribution >= 4 is 48.8 Å². The molecule has 0 N–H and O–H groups in total. The van der Waals surface area contributed by atoms with E-state index in [9.17, 15) is 0 Å². The Morgan fingerprint density at radius 1 is 0.812 bits per heavy atom. The van der Waals surface area contributed by atoms with Crippen LogP contribution in [-0.2, 0) is 19.6 Å². The largest absolute Gasteiger partial charge is 0.467 e. The number of aromatic nitrogens is 4. The van der Waals surface area contributed by atoms with Gasteiger partial charge in [0.25, 0.3) is 0 Å². The molecule has 0 aliphatic rings. The van der Waals surface area contributed by atoms with Gasteiger partial charge in [-0.3, -0.25) is 0 Å². The van der Waals surface area contributed by atoms with Gasteiger partial charge in [-0.25, -0.2) is 15.0 Å². The smallest absolute Gasteiger partial charge is 0.165 e. The Bertz CT molecular complexity index is 1320. The first-order valence-corrected chi connectivity index (χ1v) is 11.7. The van der Waals surface area contributed by atoms with Crippen LogP contribution in [0.25, 0.3) is 11.2 Å². The zero-order valence-electron chi connectivity index (χ0n) is 17.0. The molecular weight excluding hydrogens is 534 g/mol. The Labute approximate surface area is 202 Å². The van der Waals surface area contributed by atoms with Crippen LogP contribution < -0.4 is 4.90 Å². The van der Waals surface area contributed by atoms with Gasteiger partial charge in [-0.1, -0.05) is 56.1 Å². The fourth-order valence-corrected chi connectivity index (χ4v) is 4.14. The summed E-state index contributed by atoms with van der Waals surface area (Å²) in [6.07, 6.45) is 5.12. The van der Waals surface area contributed by atoms with Gasteiger partial charge in [0.2, 0.25) is 0 Å². The SMILES string of the molecule is Brc1ccc(CN(Cc2ccco2)c2ncnc3c2ncn3Cc2ccc(Br)cc2)cc1. The fourth-order valence-electron chi connectivity index (χ4n) is 3.61. The molecule has 5 aromatic rings. The molecule has 0 aliphatic heterocycles. The first kappa shape index (κ1) is 20.9. The molecule has 0 saturated heterocycles. The molecule has 3 heterocycles. The summed E-state index contributed by atoms with van der Waals surface area (Å²) in [7, 11) is 0. The number of hydrogen-bond donors (Lipinski definition) is 0. The summed E-state index contributed by atoms with van der Waals surface area (Å²) < 4.78 is 9.79. The average Bonchev–Trinajstić information content (AvgIpc) is 3.46. The van der Waals surface area contributed by atoms with Crippen LogP contribution in [-0.4, -0.2) is 19.5 Å². The number of benzene rings is 2. The van der Waals surface area contributed by atoms with Gasteiger partial charge in [-0.05, 0) is 47.5 Å². The average molecular weight is 553 g/mol. The summed E-state index contributed by atoms with van der Waals surface area (Å²) in [4.78, 5) is 16.0. The maximum Gasteiger partial charge on any atom is 0.165 e. The van der Waals surface area contributed by atoms with Crippen LogP contribution in [0.1, 0.15) is 16.9 Å². The molecule has 0 amide bonds. The molecule has 0 aliphatic carbocycles. The van der Waals surface area contributed by atoms with Gasteiger partial charge < -0.3 is 13.9 Å². The highest BCUT2D eigenvalue weighted by atomic mass is 79.9. The number of nitrogens with zero attached hydrogens (tertiary/aromatic N) is 5. The van der Waals surface area contributed by atoms with Crippen molar-refractivity contribution in [1.29, 1.82) is 0 Å². The minimum Gasteiger partial charge on any atom is -0.467 e. The predicted octanol–water partition coefficient (Wildman–Crippen LogP) is 6.20. The molecule has 0 unspecified atom stereocenters. The van der Waals surface area contributed by atoms with E-state index in [-0.39, 0.29) is 0 Å². The zero-order chi connectivity index (χ0) is 21.9. The number of hydrogen-bond acceptors (Lipinski definition) is 5. The van der Waals surface area contributed by atoms with Crippen molar-refractivity contribution in [2.24, 2.45) is 0 Å². The maximum absolute atomic E-state index is 5.63. The highest BCUT2D eigenvalue weighted by Gasteiger charge is 2.18. The predicted molar refractivity (Wildman–Crippen MR) is 131 cm³/mol. The lowest BCUT2D eigenvalue weighted by atomic mass is 10.2. The highest BCUT2D eigenvalue weighted by molar-refractivity contribution is 9.10. The van der Waals surface area contributed by atoms with Crippen LogP contribution in [0, 0.1) is 0 Å². The second-order valence-corrected chi connectivity index (χ2v) is 9.26. The second kappa shape index (κ2) is 9.26. The quantitative estimate of drug-likeness (QED) is 0.240. The van der Waals surface area contributed by atoms with Crippen LogP contribution in [0.4, 0.5) is 5.82 Å². The molecule has 0 radical (unpaired) electrons. The van der Waals surface area contributed by atoms with E-state index >= 15 is 0 Å². The fraction of sp³-hybridized carbons (Fsp3) is 0.125. The van der Waals surface area contributed by atoms with Crippen molar-refractivity contribution < 1.29 is 4.42 Å². The molecule has 8 heteroatoms. The third kappa shape index (κ3) is 4.61. The van der Waals surface area contributed by atoms with Crippen molar-refractivity contribution in [1.82, 2.24) is 19.5 Å². The lowest BCUT2D eigenvalue weighted by Crippen LogP contribution is -2.23. The summed E-state index contributed by atoms with van der Waals surface area (Å²) in [5, 5.41) is 0. The molecular formula is C24H19Br2N5O. The lowest BCUT2D eigenvalue weighted by Gasteiger charge is -2.23. The van der Waals surface area contributed by atoms with E-state index < -0.39 is 0 Å². The van der Waals surface area contributed by atoms with E-state index in [0.717, 1.165) is 31.7 Å². The molecule has 2 aromatic carbocycles. The summed E-state index contributed by atoms with van der Waals surface area (Å²) in [6, 6.07) is 20.4. The molecule has 32 heavy (non-hydrogen) atoms. The highest BCUT2D eigenvalue weighted by Crippen LogP contribution is 2.26. The van der Waals surface area contributed by atoms with Crippen molar-refractivity contribution in [2.75, 3.05) is 4.90 Å². The molecule has 0 fully saturated rings. The van der Waals surface area contributed by atoms with Crippen molar-refractivity contribution in [2.45, 2.75) is 19.6 Å². The summed E-state index contributed by atoms with van der Waals surface area (Å²) in [5.74, 6) is 1.65. The van der Waals surface area contributed by atoms with Crippen LogP contribution in [0.5, 0.6) is 0 Å². The number of fused-ring (bicyclic) bond motifs is 1. The van der Waals surface area contributed by atoms with Crippen molar-refractivity contribution in [3.8, 4) is 0 Å². The van der Waals surface area contributed by atoms with Gasteiger partial charge in [0.05, 0.1) is 25.7 Å². The van der Waals surface area contributed by atoms with Crippen LogP contribution in [0.3, 0.4) is 0 Å². The number of anilines is 1. The minimum absolute atomic E-state index is 0.578. The third-order valence-corrected chi connectivity index (χ3v) is 6.22. The molecule has 0 saturated carbocycles. The molecule has 5 rings (SSSR count). The van der Waals surface area contributed by atoms with Crippen molar-refractivity contribution in [3.63, 3.8) is 0 Å². The first-order valence-electron chi connectivity index (χ1n) is 10.1. The number of imidazole rings is 1. The van der Waals surface area contributed by atoms with E-state index in [1.54, 1.807) is 12.6 Å². The third-order valence-electron chi connectivity index (χ3n) is 5.16.